The first kappa shape index (κ1) is 8.74. The summed E-state index contributed by atoms with van der Waals surface area (Å²) in [4.78, 5) is 4.35. The van der Waals surface area contributed by atoms with Gasteiger partial charge in [-0.3, -0.25) is 5.10 Å². The Labute approximate surface area is 81.9 Å². The van der Waals surface area contributed by atoms with Crippen molar-refractivity contribution >= 4 is 0 Å². The standard InChI is InChI=1S/C10H11N3O/c1-7-3-4-9(13-10(7)14-2)8-5-11-12-6-8/h3-6H,1-2H3,(H,11,12). The number of methoxy groups -OCH3 is 1. The van der Waals surface area contributed by atoms with Crippen LogP contribution in [0.3, 0.4) is 0 Å². The molecule has 0 bridgehead atoms. The van der Waals surface area contributed by atoms with Gasteiger partial charge in [-0.15, -0.1) is 0 Å². The summed E-state index contributed by atoms with van der Waals surface area (Å²) in [6, 6.07) is 3.93. The fourth-order valence-corrected chi connectivity index (χ4v) is 1.27. The zero-order valence-corrected chi connectivity index (χ0v) is 8.11. The topological polar surface area (TPSA) is 50.8 Å². The van der Waals surface area contributed by atoms with Crippen molar-refractivity contribution in [1.82, 2.24) is 15.2 Å². The molecule has 0 aliphatic rings. The van der Waals surface area contributed by atoms with Crippen molar-refractivity contribution in [2.24, 2.45) is 0 Å². The summed E-state index contributed by atoms with van der Waals surface area (Å²) in [6.07, 6.45) is 3.54. The van der Waals surface area contributed by atoms with Gasteiger partial charge in [-0.05, 0) is 13.0 Å². The average molecular weight is 189 g/mol. The van der Waals surface area contributed by atoms with Gasteiger partial charge < -0.3 is 4.74 Å². The first-order valence-electron chi connectivity index (χ1n) is 4.32. The van der Waals surface area contributed by atoms with Crippen LogP contribution >= 0.6 is 0 Å². The van der Waals surface area contributed by atoms with Gasteiger partial charge in [0.25, 0.3) is 0 Å². The van der Waals surface area contributed by atoms with Crippen molar-refractivity contribution in [2.75, 3.05) is 7.11 Å². The summed E-state index contributed by atoms with van der Waals surface area (Å²) in [6.45, 7) is 1.96. The van der Waals surface area contributed by atoms with E-state index in [1.165, 1.54) is 0 Å². The maximum absolute atomic E-state index is 5.14. The molecule has 0 spiro atoms. The summed E-state index contributed by atoms with van der Waals surface area (Å²) in [5, 5.41) is 6.62. The Balaban J connectivity index is 2.46. The van der Waals surface area contributed by atoms with E-state index in [0.717, 1.165) is 16.8 Å². The molecule has 0 aliphatic heterocycles. The number of aromatic amines is 1. The number of nitrogens with zero attached hydrogens (tertiary/aromatic N) is 2. The number of pyridine rings is 1. The first-order valence-corrected chi connectivity index (χ1v) is 4.32. The number of aromatic nitrogens is 3. The van der Waals surface area contributed by atoms with Crippen LogP contribution in [0.1, 0.15) is 5.56 Å². The Morgan fingerprint density at radius 1 is 1.36 bits per heavy atom. The van der Waals surface area contributed by atoms with Crippen molar-refractivity contribution in [2.45, 2.75) is 6.92 Å². The van der Waals surface area contributed by atoms with Gasteiger partial charge >= 0.3 is 0 Å². The van der Waals surface area contributed by atoms with Gasteiger partial charge in [0.2, 0.25) is 5.88 Å². The molecule has 0 saturated heterocycles. The van der Waals surface area contributed by atoms with Crippen LogP contribution < -0.4 is 4.74 Å². The zero-order chi connectivity index (χ0) is 9.97. The predicted octanol–water partition coefficient (Wildman–Crippen LogP) is 1.79. The minimum Gasteiger partial charge on any atom is -0.481 e. The van der Waals surface area contributed by atoms with Gasteiger partial charge in [-0.25, -0.2) is 4.98 Å². The molecule has 0 unspecified atom stereocenters. The van der Waals surface area contributed by atoms with Crippen LogP contribution in [0, 0.1) is 6.92 Å². The van der Waals surface area contributed by atoms with E-state index in [1.54, 1.807) is 19.5 Å². The highest BCUT2D eigenvalue weighted by molar-refractivity contribution is 5.58. The van der Waals surface area contributed by atoms with Gasteiger partial charge in [0.15, 0.2) is 0 Å². The van der Waals surface area contributed by atoms with Gasteiger partial charge in [-0.2, -0.15) is 5.10 Å². The fraction of sp³-hybridized carbons (Fsp3) is 0.200. The Morgan fingerprint density at radius 2 is 2.21 bits per heavy atom. The van der Waals surface area contributed by atoms with E-state index in [1.807, 2.05) is 19.1 Å². The third-order valence-corrected chi connectivity index (χ3v) is 2.04. The molecule has 4 heteroatoms. The Morgan fingerprint density at radius 3 is 2.86 bits per heavy atom. The molecular formula is C10H11N3O. The van der Waals surface area contributed by atoms with Crippen LogP contribution in [0.2, 0.25) is 0 Å². The number of aryl methyl sites for hydroxylation is 1. The van der Waals surface area contributed by atoms with Crippen LogP contribution in [-0.4, -0.2) is 22.3 Å². The summed E-state index contributed by atoms with van der Waals surface area (Å²) in [7, 11) is 1.62. The summed E-state index contributed by atoms with van der Waals surface area (Å²) in [5.41, 5.74) is 2.85. The molecule has 4 nitrogen and oxygen atoms in total. The molecule has 1 N–H and O–H groups in total. The second kappa shape index (κ2) is 3.49. The number of hydrogen-bond acceptors (Lipinski definition) is 3. The fourth-order valence-electron chi connectivity index (χ4n) is 1.27. The van der Waals surface area contributed by atoms with E-state index in [0.29, 0.717) is 5.88 Å². The number of rotatable bonds is 2. The van der Waals surface area contributed by atoms with E-state index in [4.69, 9.17) is 4.74 Å². The van der Waals surface area contributed by atoms with E-state index < -0.39 is 0 Å². The number of nitrogens with one attached hydrogen (secondary N) is 1. The summed E-state index contributed by atoms with van der Waals surface area (Å²) in [5.74, 6) is 0.656. The highest BCUT2D eigenvalue weighted by Crippen LogP contribution is 2.21. The van der Waals surface area contributed by atoms with Crippen LogP contribution in [0.15, 0.2) is 24.5 Å². The molecule has 0 saturated carbocycles. The molecule has 72 valence electrons. The third-order valence-electron chi connectivity index (χ3n) is 2.04. The lowest BCUT2D eigenvalue weighted by Crippen LogP contribution is -1.92. The van der Waals surface area contributed by atoms with Crippen LogP contribution in [-0.2, 0) is 0 Å². The van der Waals surface area contributed by atoms with Crippen molar-refractivity contribution in [3.8, 4) is 17.1 Å². The second-order valence-corrected chi connectivity index (χ2v) is 3.01. The highest BCUT2D eigenvalue weighted by Gasteiger charge is 2.04. The smallest absolute Gasteiger partial charge is 0.216 e. The molecule has 0 atom stereocenters. The molecule has 2 heterocycles. The molecular weight excluding hydrogens is 178 g/mol. The molecule has 0 aromatic carbocycles. The predicted molar refractivity (Wildman–Crippen MR) is 53.1 cm³/mol. The quantitative estimate of drug-likeness (QED) is 0.783. The molecule has 2 aromatic rings. The molecule has 2 rings (SSSR count). The molecule has 2 aromatic heterocycles. The molecule has 0 fully saturated rings. The van der Waals surface area contributed by atoms with Crippen LogP contribution in [0.5, 0.6) is 5.88 Å². The minimum absolute atomic E-state index is 0.656. The summed E-state index contributed by atoms with van der Waals surface area (Å²) < 4.78 is 5.14. The molecule has 0 amide bonds. The third kappa shape index (κ3) is 1.46. The van der Waals surface area contributed by atoms with Crippen molar-refractivity contribution in [3.05, 3.63) is 30.1 Å². The number of hydrogen-bond donors (Lipinski definition) is 1. The van der Waals surface area contributed by atoms with Gasteiger partial charge in [0.1, 0.15) is 0 Å². The van der Waals surface area contributed by atoms with E-state index in [-0.39, 0.29) is 0 Å². The Hall–Kier alpha value is -1.84. The van der Waals surface area contributed by atoms with E-state index in [9.17, 15) is 0 Å². The number of H-pyrrole nitrogens is 1. The second-order valence-electron chi connectivity index (χ2n) is 3.01. The van der Waals surface area contributed by atoms with Crippen molar-refractivity contribution in [1.29, 1.82) is 0 Å². The first-order chi connectivity index (χ1) is 6.81. The van der Waals surface area contributed by atoms with E-state index >= 15 is 0 Å². The van der Waals surface area contributed by atoms with Crippen molar-refractivity contribution < 1.29 is 4.74 Å². The SMILES string of the molecule is COc1nc(-c2cn[nH]c2)ccc1C. The largest absolute Gasteiger partial charge is 0.481 e. The lowest BCUT2D eigenvalue weighted by molar-refractivity contribution is 0.395. The summed E-state index contributed by atoms with van der Waals surface area (Å²) >= 11 is 0. The monoisotopic (exact) mass is 189 g/mol. The van der Waals surface area contributed by atoms with Gasteiger partial charge in [-0.1, -0.05) is 6.07 Å². The lowest BCUT2D eigenvalue weighted by Gasteiger charge is -2.04. The minimum atomic E-state index is 0.656. The Kier molecular flexibility index (Phi) is 2.18. The highest BCUT2D eigenvalue weighted by atomic mass is 16.5. The maximum Gasteiger partial charge on any atom is 0.216 e. The number of ether oxygens (including phenoxy) is 1. The molecule has 14 heavy (non-hydrogen) atoms. The Bertz CT molecular complexity index is 423. The normalized spacial score (nSPS) is 10.1. The zero-order valence-electron chi connectivity index (χ0n) is 8.11. The molecule has 0 radical (unpaired) electrons. The van der Waals surface area contributed by atoms with Gasteiger partial charge in [0.05, 0.1) is 19.0 Å². The van der Waals surface area contributed by atoms with Crippen LogP contribution in [0.25, 0.3) is 11.3 Å². The maximum atomic E-state index is 5.14. The average Bonchev–Trinajstić information content (AvgIpc) is 2.71. The molecule has 0 aliphatic carbocycles. The van der Waals surface area contributed by atoms with Crippen molar-refractivity contribution in [3.63, 3.8) is 0 Å². The van der Waals surface area contributed by atoms with Gasteiger partial charge in [0, 0.05) is 17.3 Å². The van der Waals surface area contributed by atoms with E-state index in [2.05, 4.69) is 15.2 Å². The van der Waals surface area contributed by atoms with Crippen LogP contribution in [0.4, 0.5) is 0 Å². The lowest BCUT2D eigenvalue weighted by atomic mass is 10.2.